The van der Waals surface area contributed by atoms with Gasteiger partial charge in [0.25, 0.3) is 5.91 Å². The molecular weight excluding hydrogens is 384 g/mol. The van der Waals surface area contributed by atoms with Crippen molar-refractivity contribution < 1.29 is 14.1 Å². The Balaban J connectivity index is 1.53. The fourth-order valence-electron chi connectivity index (χ4n) is 3.05. The van der Waals surface area contributed by atoms with Crippen molar-refractivity contribution in [2.45, 2.75) is 20.5 Å². The second-order valence-corrected chi connectivity index (χ2v) is 6.75. The maximum Gasteiger partial charge on any atom is 0.259 e. The average molecular weight is 404 g/mol. The summed E-state index contributed by atoms with van der Waals surface area (Å²) >= 11 is 0. The van der Waals surface area contributed by atoms with Crippen molar-refractivity contribution in [3.05, 3.63) is 71.1 Å². The number of para-hydroxylation sites is 1. The predicted molar refractivity (Wildman–Crippen MR) is 109 cm³/mol. The molecule has 1 amide bonds. The molecule has 0 saturated carbocycles. The van der Waals surface area contributed by atoms with E-state index >= 15 is 0 Å². The van der Waals surface area contributed by atoms with E-state index in [1.54, 1.807) is 36.0 Å². The minimum absolute atomic E-state index is 0.264. The Morgan fingerprint density at radius 3 is 2.73 bits per heavy atom. The first-order valence-electron chi connectivity index (χ1n) is 9.30. The summed E-state index contributed by atoms with van der Waals surface area (Å²) in [4.78, 5) is 12.9. The van der Waals surface area contributed by atoms with Gasteiger partial charge in [-0.1, -0.05) is 29.4 Å². The van der Waals surface area contributed by atoms with Crippen molar-refractivity contribution in [3.63, 3.8) is 0 Å². The maximum absolute atomic E-state index is 12.9. The van der Waals surface area contributed by atoms with Gasteiger partial charge in [-0.25, -0.2) is 4.68 Å². The summed E-state index contributed by atoms with van der Waals surface area (Å²) < 4.78 is 12.6. The highest BCUT2D eigenvalue weighted by atomic mass is 16.5. The summed E-state index contributed by atoms with van der Waals surface area (Å²) in [5.41, 5.74) is 3.49. The van der Waals surface area contributed by atoms with Gasteiger partial charge < -0.3 is 14.6 Å². The summed E-state index contributed by atoms with van der Waals surface area (Å²) in [7, 11) is 1.76. The topological polar surface area (TPSA) is 108 Å². The number of nitrogens with one attached hydrogen (secondary N) is 1. The number of aromatic nitrogens is 5. The summed E-state index contributed by atoms with van der Waals surface area (Å²) in [5.74, 6) is 1.50. The van der Waals surface area contributed by atoms with Crippen LogP contribution in [-0.4, -0.2) is 31.3 Å². The number of ether oxygens (including phenoxy) is 1. The number of aryl methyl sites for hydroxylation is 3. The van der Waals surface area contributed by atoms with E-state index in [1.165, 1.54) is 0 Å². The molecule has 2 aromatic carbocycles. The van der Waals surface area contributed by atoms with E-state index in [4.69, 9.17) is 9.26 Å². The monoisotopic (exact) mass is 404 g/mol. The van der Waals surface area contributed by atoms with Gasteiger partial charge in [0.05, 0.1) is 16.8 Å². The molecule has 2 heterocycles. The lowest BCUT2D eigenvalue weighted by Gasteiger charge is -2.12. The Morgan fingerprint density at radius 2 is 2.00 bits per heavy atom. The molecule has 152 valence electrons. The van der Waals surface area contributed by atoms with Crippen LogP contribution in [0.4, 0.5) is 5.69 Å². The van der Waals surface area contributed by atoms with Crippen LogP contribution in [0.2, 0.25) is 0 Å². The Kier molecular flexibility index (Phi) is 5.25. The summed E-state index contributed by atoms with van der Waals surface area (Å²) in [5, 5.41) is 18.3. The number of carbonyl (C=O) groups excluding carboxylic acids is 1. The van der Waals surface area contributed by atoms with Crippen molar-refractivity contribution in [2.75, 3.05) is 5.32 Å². The second-order valence-electron chi connectivity index (χ2n) is 6.75. The highest BCUT2D eigenvalue weighted by Gasteiger charge is 2.16. The van der Waals surface area contributed by atoms with Crippen molar-refractivity contribution in [1.29, 1.82) is 0 Å². The van der Waals surface area contributed by atoms with Crippen LogP contribution >= 0.6 is 0 Å². The largest absolute Gasteiger partial charge is 0.488 e. The first-order chi connectivity index (χ1) is 14.5. The van der Waals surface area contributed by atoms with Crippen LogP contribution in [0.25, 0.3) is 11.4 Å². The van der Waals surface area contributed by atoms with E-state index < -0.39 is 0 Å². The van der Waals surface area contributed by atoms with Crippen LogP contribution < -0.4 is 10.1 Å². The zero-order valence-electron chi connectivity index (χ0n) is 16.8. The van der Waals surface area contributed by atoms with Crippen LogP contribution in [0.5, 0.6) is 5.75 Å². The van der Waals surface area contributed by atoms with E-state index in [0.29, 0.717) is 28.6 Å². The van der Waals surface area contributed by atoms with Crippen molar-refractivity contribution >= 4 is 11.6 Å². The molecule has 1 N–H and O–H groups in total. The molecule has 0 radical (unpaired) electrons. The first kappa shape index (κ1) is 19.3. The molecule has 9 heteroatoms. The molecule has 30 heavy (non-hydrogen) atoms. The smallest absolute Gasteiger partial charge is 0.259 e. The second kappa shape index (κ2) is 8.16. The van der Waals surface area contributed by atoms with Gasteiger partial charge in [0.1, 0.15) is 18.1 Å². The van der Waals surface area contributed by atoms with Gasteiger partial charge in [0, 0.05) is 18.3 Å². The predicted octanol–water partition coefficient (Wildman–Crippen LogP) is 3.31. The highest BCUT2D eigenvalue weighted by Crippen LogP contribution is 2.24. The quantitative estimate of drug-likeness (QED) is 0.525. The van der Waals surface area contributed by atoms with E-state index in [-0.39, 0.29) is 12.5 Å². The molecule has 4 aromatic rings. The third-order valence-corrected chi connectivity index (χ3v) is 4.68. The SMILES string of the molecule is Cc1noc(C)c1COc1ccccc1C(=O)Nc1cccc(-c2nnnn2C)c1. The molecule has 0 saturated heterocycles. The molecule has 9 nitrogen and oxygen atoms in total. The van der Waals surface area contributed by atoms with Gasteiger partial charge >= 0.3 is 0 Å². The summed E-state index contributed by atoms with van der Waals surface area (Å²) in [6.45, 7) is 3.95. The average Bonchev–Trinajstić information content (AvgIpc) is 3.32. The molecule has 0 unspecified atom stereocenters. The van der Waals surface area contributed by atoms with Crippen molar-refractivity contribution in [2.24, 2.45) is 7.05 Å². The van der Waals surface area contributed by atoms with Crippen LogP contribution in [-0.2, 0) is 13.7 Å². The van der Waals surface area contributed by atoms with E-state index in [1.807, 2.05) is 38.1 Å². The number of carbonyl (C=O) groups is 1. The van der Waals surface area contributed by atoms with Crippen molar-refractivity contribution in [3.8, 4) is 17.1 Å². The minimum atomic E-state index is -0.280. The highest BCUT2D eigenvalue weighted by molar-refractivity contribution is 6.06. The number of tetrazole rings is 1. The Hall–Kier alpha value is -4.01. The Morgan fingerprint density at radius 1 is 1.17 bits per heavy atom. The standard InChI is InChI=1S/C21H20N6O3/c1-13-18(14(2)30-24-13)12-29-19-10-5-4-9-17(19)21(28)22-16-8-6-7-15(11-16)20-23-25-26-27(20)3/h4-11H,12H2,1-3H3,(H,22,28). The molecule has 0 fully saturated rings. The molecule has 2 aromatic heterocycles. The normalized spacial score (nSPS) is 10.8. The fraction of sp³-hybridized carbons (Fsp3) is 0.190. The number of benzene rings is 2. The number of amides is 1. The minimum Gasteiger partial charge on any atom is -0.488 e. The van der Waals surface area contributed by atoms with Gasteiger partial charge in [0.15, 0.2) is 5.82 Å². The number of hydrogen-bond donors (Lipinski definition) is 1. The van der Waals surface area contributed by atoms with Gasteiger partial charge in [-0.05, 0) is 48.5 Å². The molecule has 0 atom stereocenters. The van der Waals surface area contributed by atoms with Crippen LogP contribution in [0.3, 0.4) is 0 Å². The third-order valence-electron chi connectivity index (χ3n) is 4.68. The Bertz CT molecular complexity index is 1180. The molecule has 0 aliphatic carbocycles. The lowest BCUT2D eigenvalue weighted by Crippen LogP contribution is -2.14. The Labute approximate surface area is 172 Å². The number of rotatable bonds is 6. The molecule has 4 rings (SSSR count). The summed E-state index contributed by atoms with van der Waals surface area (Å²) in [6.07, 6.45) is 0. The third kappa shape index (κ3) is 3.90. The van der Waals surface area contributed by atoms with Crippen LogP contribution in [0, 0.1) is 13.8 Å². The van der Waals surface area contributed by atoms with Crippen molar-refractivity contribution in [1.82, 2.24) is 25.4 Å². The maximum atomic E-state index is 12.9. The zero-order valence-corrected chi connectivity index (χ0v) is 16.8. The van der Waals surface area contributed by atoms with Gasteiger partial charge in [-0.3, -0.25) is 4.79 Å². The van der Waals surface area contributed by atoms with Gasteiger partial charge in [-0.2, -0.15) is 0 Å². The number of nitrogens with zero attached hydrogens (tertiary/aromatic N) is 5. The molecule has 0 aliphatic heterocycles. The van der Waals surface area contributed by atoms with Gasteiger partial charge in [-0.15, -0.1) is 5.10 Å². The lowest BCUT2D eigenvalue weighted by molar-refractivity contribution is 0.102. The molecule has 0 bridgehead atoms. The number of hydrogen-bond acceptors (Lipinski definition) is 7. The first-order valence-corrected chi connectivity index (χ1v) is 9.30. The summed E-state index contributed by atoms with van der Waals surface area (Å²) in [6, 6.07) is 14.4. The molecular formula is C21H20N6O3. The number of anilines is 1. The molecule has 0 spiro atoms. The molecule has 0 aliphatic rings. The van der Waals surface area contributed by atoms with Crippen LogP contribution in [0.1, 0.15) is 27.4 Å². The fourth-order valence-corrected chi connectivity index (χ4v) is 3.05. The van der Waals surface area contributed by atoms with Gasteiger partial charge in [0.2, 0.25) is 0 Å². The zero-order chi connectivity index (χ0) is 21.1. The lowest BCUT2D eigenvalue weighted by atomic mass is 10.1. The van der Waals surface area contributed by atoms with Crippen LogP contribution in [0.15, 0.2) is 53.1 Å². The van der Waals surface area contributed by atoms with E-state index in [9.17, 15) is 4.79 Å². The van der Waals surface area contributed by atoms with E-state index in [0.717, 1.165) is 16.8 Å². The van der Waals surface area contributed by atoms with E-state index in [2.05, 4.69) is 26.0 Å².